The predicted molar refractivity (Wildman–Crippen MR) is 110 cm³/mol. The SMILES string of the molecule is CCCOC(=N[C@@H](C)CCC[NH+](CC)CC)NC(=O)c1cccc(OC)c1. The molecule has 0 aliphatic carbocycles. The predicted octanol–water partition coefficient (Wildman–Crippen LogP) is 2.30. The van der Waals surface area contributed by atoms with E-state index in [1.807, 2.05) is 6.92 Å². The summed E-state index contributed by atoms with van der Waals surface area (Å²) in [7, 11) is 1.58. The molecule has 0 unspecified atom stereocenters. The second-order valence-corrected chi connectivity index (χ2v) is 6.67. The summed E-state index contributed by atoms with van der Waals surface area (Å²) in [6.07, 6.45) is 2.93. The van der Waals surface area contributed by atoms with Gasteiger partial charge >= 0.3 is 0 Å². The Morgan fingerprint density at radius 3 is 2.63 bits per heavy atom. The maximum Gasteiger partial charge on any atom is 0.291 e. The molecule has 0 fully saturated rings. The standard InChI is InChI=1S/C21H35N3O3/c1-6-15-27-21(22-17(4)11-10-14-24(7-2)8-3)23-20(25)18-12-9-13-19(16-18)26-5/h9,12-13,16-17H,6-8,10-11,14-15H2,1-5H3,(H,22,23,25)/p+1/t17-/m0/s1. The Morgan fingerprint density at radius 1 is 1.26 bits per heavy atom. The normalized spacial score (nSPS) is 12.7. The summed E-state index contributed by atoms with van der Waals surface area (Å²) in [5.41, 5.74) is 0.514. The largest absolute Gasteiger partial charge is 0.497 e. The molecule has 0 radical (unpaired) electrons. The Hall–Kier alpha value is -2.08. The van der Waals surface area contributed by atoms with E-state index in [2.05, 4.69) is 31.1 Å². The third kappa shape index (κ3) is 8.91. The lowest BCUT2D eigenvalue weighted by atomic mass is 10.2. The molecule has 1 aromatic carbocycles. The molecule has 0 saturated heterocycles. The molecule has 0 aromatic heterocycles. The average molecular weight is 379 g/mol. The van der Waals surface area contributed by atoms with E-state index in [-0.39, 0.29) is 11.9 Å². The number of amides is 1. The lowest BCUT2D eigenvalue weighted by Gasteiger charge is -2.16. The molecule has 27 heavy (non-hydrogen) atoms. The smallest absolute Gasteiger partial charge is 0.291 e. The number of amidine groups is 1. The Balaban J connectivity index is 2.69. The molecule has 0 heterocycles. The molecule has 0 aliphatic rings. The summed E-state index contributed by atoms with van der Waals surface area (Å²) < 4.78 is 10.8. The van der Waals surface area contributed by atoms with Crippen molar-refractivity contribution in [3.05, 3.63) is 29.8 Å². The fourth-order valence-corrected chi connectivity index (χ4v) is 2.75. The van der Waals surface area contributed by atoms with Crippen LogP contribution >= 0.6 is 0 Å². The summed E-state index contributed by atoms with van der Waals surface area (Å²) >= 11 is 0. The molecule has 2 N–H and O–H groups in total. The van der Waals surface area contributed by atoms with Crippen molar-refractivity contribution in [2.45, 2.75) is 53.0 Å². The number of aliphatic imine (C=N–C) groups is 1. The van der Waals surface area contributed by atoms with Gasteiger partial charge in [0.1, 0.15) is 5.75 Å². The minimum absolute atomic E-state index is 0.0948. The van der Waals surface area contributed by atoms with Crippen LogP contribution in [-0.2, 0) is 4.74 Å². The molecule has 0 spiro atoms. The molecule has 152 valence electrons. The zero-order valence-electron chi connectivity index (χ0n) is 17.5. The quantitative estimate of drug-likeness (QED) is 0.459. The van der Waals surface area contributed by atoms with Crippen LogP contribution in [0.25, 0.3) is 0 Å². The number of rotatable bonds is 11. The average Bonchev–Trinajstić information content (AvgIpc) is 2.69. The van der Waals surface area contributed by atoms with Crippen molar-refractivity contribution in [2.24, 2.45) is 4.99 Å². The fraction of sp³-hybridized carbons (Fsp3) is 0.619. The molecule has 1 atom stereocenters. The molecule has 1 amide bonds. The molecule has 0 saturated carbocycles. The van der Waals surface area contributed by atoms with Gasteiger partial charge in [0, 0.05) is 5.56 Å². The number of benzene rings is 1. The van der Waals surface area contributed by atoms with Crippen LogP contribution in [0.15, 0.2) is 29.3 Å². The van der Waals surface area contributed by atoms with Crippen LogP contribution in [0.1, 0.15) is 57.3 Å². The molecule has 1 rings (SSSR count). The second-order valence-electron chi connectivity index (χ2n) is 6.67. The van der Waals surface area contributed by atoms with Gasteiger partial charge in [0.2, 0.25) is 0 Å². The third-order valence-corrected chi connectivity index (χ3v) is 4.49. The highest BCUT2D eigenvalue weighted by atomic mass is 16.5. The van der Waals surface area contributed by atoms with Crippen molar-refractivity contribution in [1.82, 2.24) is 5.32 Å². The maximum atomic E-state index is 12.5. The van der Waals surface area contributed by atoms with Gasteiger partial charge in [-0.15, -0.1) is 0 Å². The Bertz CT molecular complexity index is 586. The van der Waals surface area contributed by atoms with E-state index in [0.717, 1.165) is 38.9 Å². The number of hydrogen-bond acceptors (Lipinski definition) is 4. The highest BCUT2D eigenvalue weighted by Crippen LogP contribution is 2.12. The summed E-state index contributed by atoms with van der Waals surface area (Å²) in [4.78, 5) is 18.7. The van der Waals surface area contributed by atoms with E-state index in [4.69, 9.17) is 9.47 Å². The fourth-order valence-electron chi connectivity index (χ4n) is 2.75. The van der Waals surface area contributed by atoms with Gasteiger partial charge < -0.3 is 14.4 Å². The number of ether oxygens (including phenoxy) is 2. The van der Waals surface area contributed by atoms with E-state index in [0.29, 0.717) is 23.9 Å². The Kier molecular flexibility index (Phi) is 11.2. The van der Waals surface area contributed by atoms with Crippen LogP contribution in [0, 0.1) is 0 Å². The Morgan fingerprint density at radius 2 is 2.00 bits per heavy atom. The first-order valence-electron chi connectivity index (χ1n) is 10.0. The molecule has 6 nitrogen and oxygen atoms in total. The molecular weight excluding hydrogens is 342 g/mol. The van der Waals surface area contributed by atoms with E-state index in [9.17, 15) is 4.79 Å². The molecule has 6 heteroatoms. The minimum atomic E-state index is -0.247. The lowest BCUT2D eigenvalue weighted by Crippen LogP contribution is -3.11. The zero-order chi connectivity index (χ0) is 20.1. The van der Waals surface area contributed by atoms with Crippen molar-refractivity contribution in [3.63, 3.8) is 0 Å². The minimum Gasteiger partial charge on any atom is -0.497 e. The summed E-state index contributed by atoms with van der Waals surface area (Å²) in [5.74, 6) is 0.395. The first-order valence-corrected chi connectivity index (χ1v) is 10.0. The number of carbonyl (C=O) groups excluding carboxylic acids is 1. The van der Waals surface area contributed by atoms with Gasteiger partial charge in [-0.1, -0.05) is 13.0 Å². The van der Waals surface area contributed by atoms with Crippen molar-refractivity contribution < 1.29 is 19.2 Å². The first-order chi connectivity index (χ1) is 13.0. The highest BCUT2D eigenvalue weighted by Gasteiger charge is 2.13. The number of methoxy groups -OCH3 is 1. The molecule has 1 aromatic rings. The van der Waals surface area contributed by atoms with Gasteiger partial charge in [0.15, 0.2) is 0 Å². The summed E-state index contributed by atoms with van der Waals surface area (Å²) in [6.45, 7) is 12.5. The van der Waals surface area contributed by atoms with Crippen LogP contribution < -0.4 is 15.0 Å². The van der Waals surface area contributed by atoms with E-state index in [1.165, 1.54) is 0 Å². The summed E-state index contributed by atoms with van der Waals surface area (Å²) in [5, 5.41) is 2.80. The van der Waals surface area contributed by atoms with Gasteiger partial charge in [-0.3, -0.25) is 10.1 Å². The van der Waals surface area contributed by atoms with E-state index >= 15 is 0 Å². The van der Waals surface area contributed by atoms with Gasteiger partial charge in [0.05, 0.1) is 39.4 Å². The summed E-state index contributed by atoms with van der Waals surface area (Å²) in [6, 6.07) is 7.42. The van der Waals surface area contributed by atoms with Crippen LogP contribution in [0.2, 0.25) is 0 Å². The number of hydrogen-bond donors (Lipinski definition) is 2. The van der Waals surface area contributed by atoms with Crippen molar-refractivity contribution in [2.75, 3.05) is 33.4 Å². The van der Waals surface area contributed by atoms with Crippen LogP contribution in [0.3, 0.4) is 0 Å². The maximum absolute atomic E-state index is 12.5. The molecule has 0 bridgehead atoms. The van der Waals surface area contributed by atoms with Crippen molar-refractivity contribution in [3.8, 4) is 5.75 Å². The molecular formula is C21H36N3O3+. The number of carbonyl (C=O) groups is 1. The van der Waals surface area contributed by atoms with E-state index < -0.39 is 0 Å². The van der Waals surface area contributed by atoms with Crippen molar-refractivity contribution >= 4 is 11.9 Å². The van der Waals surface area contributed by atoms with Gasteiger partial charge in [-0.2, -0.15) is 0 Å². The Labute approximate surface area is 163 Å². The van der Waals surface area contributed by atoms with Gasteiger partial charge in [-0.05, 0) is 58.2 Å². The number of nitrogens with zero attached hydrogens (tertiary/aromatic N) is 1. The second kappa shape index (κ2) is 13.1. The lowest BCUT2D eigenvalue weighted by molar-refractivity contribution is -0.896. The highest BCUT2D eigenvalue weighted by molar-refractivity contribution is 6.04. The van der Waals surface area contributed by atoms with Crippen LogP contribution in [0.5, 0.6) is 5.75 Å². The number of quaternary nitrogens is 1. The van der Waals surface area contributed by atoms with Crippen LogP contribution in [0.4, 0.5) is 0 Å². The van der Waals surface area contributed by atoms with Crippen molar-refractivity contribution in [1.29, 1.82) is 0 Å². The number of nitrogens with one attached hydrogen (secondary N) is 2. The first kappa shape index (κ1) is 23.0. The molecule has 0 aliphatic heterocycles. The zero-order valence-corrected chi connectivity index (χ0v) is 17.5. The topological polar surface area (TPSA) is 64.4 Å². The van der Waals surface area contributed by atoms with Gasteiger partial charge in [0.25, 0.3) is 11.9 Å². The third-order valence-electron chi connectivity index (χ3n) is 4.49. The van der Waals surface area contributed by atoms with Crippen LogP contribution in [-0.4, -0.2) is 51.3 Å². The van der Waals surface area contributed by atoms with E-state index in [1.54, 1.807) is 36.3 Å². The monoisotopic (exact) mass is 378 g/mol. The van der Waals surface area contributed by atoms with Gasteiger partial charge in [-0.25, -0.2) is 4.99 Å².